The summed E-state index contributed by atoms with van der Waals surface area (Å²) in [5, 5.41) is 9.68. The molecule has 0 radical (unpaired) electrons. The molecule has 1 aliphatic heterocycles. The summed E-state index contributed by atoms with van der Waals surface area (Å²) in [5.74, 6) is 1.86. The molecule has 0 aliphatic carbocycles. The topological polar surface area (TPSA) is 49.8 Å². The highest BCUT2D eigenvalue weighted by Crippen LogP contribution is 2.30. The van der Waals surface area contributed by atoms with Crippen molar-refractivity contribution in [2.24, 2.45) is 0 Å². The molecule has 0 amide bonds. The van der Waals surface area contributed by atoms with Crippen LogP contribution >= 0.6 is 23.4 Å². The zero-order chi connectivity index (χ0) is 14.5. The van der Waals surface area contributed by atoms with E-state index in [1.54, 1.807) is 18.9 Å². The number of halogens is 1. The van der Waals surface area contributed by atoms with Crippen LogP contribution in [0.15, 0.2) is 18.2 Å². The third-order valence-corrected chi connectivity index (χ3v) is 4.86. The van der Waals surface area contributed by atoms with Gasteiger partial charge in [0, 0.05) is 41.2 Å². The molecule has 1 aliphatic rings. The highest BCUT2D eigenvalue weighted by atomic mass is 35.5. The number of carbonyl (C=O) groups is 1. The van der Waals surface area contributed by atoms with Crippen molar-refractivity contribution in [2.75, 3.05) is 25.2 Å². The predicted octanol–water partition coefficient (Wildman–Crippen LogP) is 2.74. The van der Waals surface area contributed by atoms with Gasteiger partial charge in [0.05, 0.1) is 13.5 Å². The molecule has 1 atom stereocenters. The molecule has 0 spiro atoms. The molecule has 110 valence electrons. The minimum atomic E-state index is -0.756. The molecule has 1 aromatic carbocycles. The van der Waals surface area contributed by atoms with Gasteiger partial charge in [0.25, 0.3) is 0 Å². The summed E-state index contributed by atoms with van der Waals surface area (Å²) >= 11 is 8.06. The minimum absolute atomic E-state index is 0.0484. The summed E-state index contributed by atoms with van der Waals surface area (Å²) in [6, 6.07) is 5.62. The van der Waals surface area contributed by atoms with E-state index in [1.807, 2.05) is 18.2 Å². The SMILES string of the molecule is COc1cccc(Cl)c1CN1CCSCC1CC(=O)O. The lowest BCUT2D eigenvalue weighted by atomic mass is 10.1. The Balaban J connectivity index is 2.16. The standard InChI is InChI=1S/C14H18ClNO3S/c1-19-13-4-2-3-12(15)11(13)8-16-5-6-20-9-10(16)7-14(17)18/h2-4,10H,5-9H2,1H3,(H,17,18). The Labute approximate surface area is 128 Å². The monoisotopic (exact) mass is 315 g/mol. The van der Waals surface area contributed by atoms with Gasteiger partial charge in [0.2, 0.25) is 0 Å². The van der Waals surface area contributed by atoms with Crippen LogP contribution in [0.4, 0.5) is 0 Å². The van der Waals surface area contributed by atoms with Crippen molar-refractivity contribution in [3.05, 3.63) is 28.8 Å². The summed E-state index contributed by atoms with van der Waals surface area (Å²) in [6.45, 7) is 1.50. The van der Waals surface area contributed by atoms with Gasteiger partial charge in [0.1, 0.15) is 5.75 Å². The Kier molecular flexibility index (Phi) is 5.57. The van der Waals surface area contributed by atoms with Crippen LogP contribution in [-0.4, -0.2) is 47.2 Å². The lowest BCUT2D eigenvalue weighted by molar-refractivity contribution is -0.138. The van der Waals surface area contributed by atoms with E-state index in [1.165, 1.54) is 0 Å². The molecule has 0 saturated carbocycles. The number of aliphatic carboxylic acids is 1. The van der Waals surface area contributed by atoms with Gasteiger partial charge < -0.3 is 9.84 Å². The lowest BCUT2D eigenvalue weighted by Crippen LogP contribution is -2.43. The number of hydrogen-bond donors (Lipinski definition) is 1. The van der Waals surface area contributed by atoms with Crippen molar-refractivity contribution in [1.29, 1.82) is 0 Å². The van der Waals surface area contributed by atoms with Crippen LogP contribution in [0.5, 0.6) is 5.75 Å². The number of carboxylic acid groups (broad SMARTS) is 1. The van der Waals surface area contributed by atoms with Gasteiger partial charge in [-0.2, -0.15) is 11.8 Å². The molecule has 4 nitrogen and oxygen atoms in total. The Bertz CT molecular complexity index is 483. The Morgan fingerprint density at radius 2 is 2.40 bits per heavy atom. The molecule has 0 aromatic heterocycles. The van der Waals surface area contributed by atoms with Crippen molar-refractivity contribution in [1.82, 2.24) is 4.90 Å². The second kappa shape index (κ2) is 7.20. The summed E-state index contributed by atoms with van der Waals surface area (Å²) in [6.07, 6.45) is 0.166. The van der Waals surface area contributed by atoms with Crippen molar-refractivity contribution >= 4 is 29.3 Å². The average molecular weight is 316 g/mol. The zero-order valence-electron chi connectivity index (χ0n) is 11.3. The summed E-state index contributed by atoms with van der Waals surface area (Å²) in [4.78, 5) is 13.2. The number of nitrogens with zero attached hydrogens (tertiary/aromatic N) is 1. The van der Waals surface area contributed by atoms with E-state index in [2.05, 4.69) is 4.90 Å². The van der Waals surface area contributed by atoms with E-state index in [4.69, 9.17) is 21.4 Å². The van der Waals surface area contributed by atoms with Gasteiger partial charge in [0.15, 0.2) is 0 Å². The molecule has 0 bridgehead atoms. The first-order chi connectivity index (χ1) is 9.61. The maximum Gasteiger partial charge on any atom is 0.304 e. The van der Waals surface area contributed by atoms with E-state index >= 15 is 0 Å². The molecule has 1 heterocycles. The van der Waals surface area contributed by atoms with Crippen LogP contribution in [-0.2, 0) is 11.3 Å². The zero-order valence-corrected chi connectivity index (χ0v) is 12.9. The van der Waals surface area contributed by atoms with Gasteiger partial charge in [-0.25, -0.2) is 0 Å². The van der Waals surface area contributed by atoms with Crippen LogP contribution < -0.4 is 4.74 Å². The number of thioether (sulfide) groups is 1. The number of methoxy groups -OCH3 is 1. The number of ether oxygens (including phenoxy) is 1. The van der Waals surface area contributed by atoms with Crippen LogP contribution in [0.2, 0.25) is 5.02 Å². The lowest BCUT2D eigenvalue weighted by Gasteiger charge is -2.35. The maximum absolute atomic E-state index is 11.0. The summed E-state index contributed by atoms with van der Waals surface area (Å²) < 4.78 is 5.35. The van der Waals surface area contributed by atoms with E-state index in [0.717, 1.165) is 29.4 Å². The highest BCUT2D eigenvalue weighted by molar-refractivity contribution is 7.99. The first kappa shape index (κ1) is 15.5. The number of benzene rings is 1. The van der Waals surface area contributed by atoms with Crippen molar-refractivity contribution in [2.45, 2.75) is 19.0 Å². The third kappa shape index (κ3) is 3.81. The van der Waals surface area contributed by atoms with Crippen molar-refractivity contribution in [3.8, 4) is 5.75 Å². The molecular formula is C14H18ClNO3S. The van der Waals surface area contributed by atoms with Crippen LogP contribution in [0, 0.1) is 0 Å². The highest BCUT2D eigenvalue weighted by Gasteiger charge is 2.26. The molecule has 1 fully saturated rings. The molecule has 1 saturated heterocycles. The van der Waals surface area contributed by atoms with Crippen LogP contribution in [0.25, 0.3) is 0 Å². The van der Waals surface area contributed by atoms with E-state index < -0.39 is 5.97 Å². The fourth-order valence-corrected chi connectivity index (χ4v) is 3.73. The van der Waals surface area contributed by atoms with Crippen molar-refractivity contribution in [3.63, 3.8) is 0 Å². The molecule has 1 aromatic rings. The smallest absolute Gasteiger partial charge is 0.304 e. The Morgan fingerprint density at radius 3 is 3.10 bits per heavy atom. The van der Waals surface area contributed by atoms with Gasteiger partial charge in [-0.15, -0.1) is 0 Å². The van der Waals surface area contributed by atoms with E-state index in [0.29, 0.717) is 11.6 Å². The molecule has 6 heteroatoms. The second-order valence-corrected chi connectivity index (χ2v) is 6.27. The summed E-state index contributed by atoms with van der Waals surface area (Å²) in [7, 11) is 1.62. The number of hydrogen-bond acceptors (Lipinski definition) is 4. The van der Waals surface area contributed by atoms with Gasteiger partial charge in [-0.3, -0.25) is 9.69 Å². The first-order valence-electron chi connectivity index (χ1n) is 6.46. The van der Waals surface area contributed by atoms with Gasteiger partial charge >= 0.3 is 5.97 Å². The Morgan fingerprint density at radius 1 is 1.60 bits per heavy atom. The summed E-state index contributed by atoms with van der Waals surface area (Å²) in [5.41, 5.74) is 0.930. The maximum atomic E-state index is 11.0. The second-order valence-electron chi connectivity index (χ2n) is 4.72. The van der Waals surface area contributed by atoms with Gasteiger partial charge in [-0.1, -0.05) is 17.7 Å². The number of rotatable bonds is 5. The van der Waals surface area contributed by atoms with E-state index in [9.17, 15) is 4.79 Å². The van der Waals surface area contributed by atoms with Crippen LogP contribution in [0.1, 0.15) is 12.0 Å². The fraction of sp³-hybridized carbons (Fsp3) is 0.500. The van der Waals surface area contributed by atoms with Crippen LogP contribution in [0.3, 0.4) is 0 Å². The molecular weight excluding hydrogens is 298 g/mol. The minimum Gasteiger partial charge on any atom is -0.496 e. The molecule has 2 rings (SSSR count). The predicted molar refractivity (Wildman–Crippen MR) is 81.8 cm³/mol. The normalized spacial score (nSPS) is 19.8. The fourth-order valence-electron chi connectivity index (χ4n) is 2.37. The quantitative estimate of drug-likeness (QED) is 0.905. The van der Waals surface area contributed by atoms with Crippen molar-refractivity contribution < 1.29 is 14.6 Å². The third-order valence-electron chi connectivity index (χ3n) is 3.42. The number of carboxylic acids is 1. The Hall–Kier alpha value is -0.910. The molecule has 20 heavy (non-hydrogen) atoms. The largest absolute Gasteiger partial charge is 0.496 e. The average Bonchev–Trinajstić information content (AvgIpc) is 2.42. The molecule has 1 unspecified atom stereocenters. The van der Waals surface area contributed by atoms with Gasteiger partial charge in [-0.05, 0) is 12.1 Å². The molecule has 1 N–H and O–H groups in total. The van der Waals surface area contributed by atoms with E-state index in [-0.39, 0.29) is 12.5 Å². The first-order valence-corrected chi connectivity index (χ1v) is 8.00.